The van der Waals surface area contributed by atoms with E-state index in [-0.39, 0.29) is 24.6 Å². The fourth-order valence-electron chi connectivity index (χ4n) is 0.692. The van der Waals surface area contributed by atoms with Crippen molar-refractivity contribution in [1.82, 2.24) is 0 Å². The third-order valence-corrected chi connectivity index (χ3v) is 1.46. The van der Waals surface area contributed by atoms with E-state index in [4.69, 9.17) is 22.0 Å². The lowest BCUT2D eigenvalue weighted by molar-refractivity contribution is -0.147. The second kappa shape index (κ2) is 8.19. The van der Waals surface area contributed by atoms with Gasteiger partial charge in [0.05, 0.1) is 12.1 Å². The van der Waals surface area contributed by atoms with Crippen molar-refractivity contribution in [3.8, 4) is 12.1 Å². The zero-order valence-electron chi connectivity index (χ0n) is 9.25. The van der Waals surface area contributed by atoms with Crippen LogP contribution in [0.15, 0.2) is 23.5 Å². The summed E-state index contributed by atoms with van der Waals surface area (Å²) in [6.07, 6.45) is 1.64. The number of nitrogens with two attached hydrogens (primary N) is 2. The largest absolute Gasteiger partial charge is 0.457 e. The number of allylic oxidation sites excluding steroid dienone is 2. The molecule has 0 bridgehead atoms. The van der Waals surface area contributed by atoms with Crippen LogP contribution in [0.2, 0.25) is 0 Å². The predicted octanol–water partition coefficient (Wildman–Crippen LogP) is -1.19. The zero-order chi connectivity index (χ0) is 14.0. The van der Waals surface area contributed by atoms with E-state index in [2.05, 4.69) is 9.47 Å². The van der Waals surface area contributed by atoms with Crippen LogP contribution in [0.1, 0.15) is 0 Å². The molecule has 0 unspecified atom stereocenters. The van der Waals surface area contributed by atoms with Crippen molar-refractivity contribution in [3.63, 3.8) is 0 Å². The lowest BCUT2D eigenvalue weighted by Crippen LogP contribution is -2.20. The van der Waals surface area contributed by atoms with E-state index in [0.717, 1.165) is 12.2 Å². The van der Waals surface area contributed by atoms with E-state index in [0.29, 0.717) is 0 Å². The maximum atomic E-state index is 11.0. The first-order valence-corrected chi connectivity index (χ1v) is 4.57. The Morgan fingerprint density at radius 1 is 0.944 bits per heavy atom. The highest BCUT2D eigenvalue weighted by molar-refractivity contribution is 5.88. The van der Waals surface area contributed by atoms with Crippen LogP contribution in [-0.4, -0.2) is 25.2 Å². The molecule has 0 atom stereocenters. The molecule has 0 amide bonds. The van der Waals surface area contributed by atoms with Gasteiger partial charge in [0, 0.05) is 12.2 Å². The van der Waals surface area contributed by atoms with Crippen LogP contribution in [0, 0.1) is 22.7 Å². The molecule has 0 aromatic heterocycles. The molecule has 0 aliphatic heterocycles. The molecular formula is C10H10N4O4. The van der Waals surface area contributed by atoms with Gasteiger partial charge in [0.1, 0.15) is 24.6 Å². The average molecular weight is 250 g/mol. The summed E-state index contributed by atoms with van der Waals surface area (Å²) < 4.78 is 9.12. The van der Waals surface area contributed by atoms with Gasteiger partial charge in [-0.2, -0.15) is 10.5 Å². The van der Waals surface area contributed by atoms with Gasteiger partial charge in [0.15, 0.2) is 0 Å². The Labute approximate surface area is 103 Å². The summed E-state index contributed by atoms with van der Waals surface area (Å²) in [7, 11) is 0. The molecular weight excluding hydrogens is 240 g/mol. The van der Waals surface area contributed by atoms with E-state index in [1.165, 1.54) is 0 Å². The Morgan fingerprint density at radius 2 is 1.28 bits per heavy atom. The maximum Gasteiger partial charge on any atom is 0.355 e. The minimum absolute atomic E-state index is 0.246. The Kier molecular flexibility index (Phi) is 6.82. The number of ether oxygens (including phenoxy) is 2. The van der Waals surface area contributed by atoms with Gasteiger partial charge in [0.2, 0.25) is 0 Å². The fourth-order valence-corrected chi connectivity index (χ4v) is 0.692. The number of nitriles is 2. The summed E-state index contributed by atoms with van der Waals surface area (Å²) >= 11 is 0. The highest BCUT2D eigenvalue weighted by Gasteiger charge is 2.09. The molecule has 0 fully saturated rings. The summed E-state index contributed by atoms with van der Waals surface area (Å²) in [6.45, 7) is -0.491. The lowest BCUT2D eigenvalue weighted by atomic mass is 10.4. The Morgan fingerprint density at radius 3 is 1.56 bits per heavy atom. The Hall–Kier alpha value is -3.00. The van der Waals surface area contributed by atoms with E-state index >= 15 is 0 Å². The third-order valence-electron chi connectivity index (χ3n) is 1.46. The molecule has 0 spiro atoms. The van der Waals surface area contributed by atoms with Gasteiger partial charge in [-0.3, -0.25) is 0 Å². The van der Waals surface area contributed by atoms with E-state index < -0.39 is 11.9 Å². The molecule has 0 aliphatic carbocycles. The first kappa shape index (κ1) is 15.0. The van der Waals surface area contributed by atoms with E-state index in [1.807, 2.05) is 0 Å². The molecule has 0 aromatic carbocycles. The molecule has 0 radical (unpaired) electrons. The fraction of sp³-hybridized carbons (Fsp3) is 0.200. The standard InChI is InChI=1S/C10H10N4O4/c11-3-1-7(13)9(15)17-5-6-18-10(16)8(14)2-4-12/h1-2H,5-6,13-14H2. The van der Waals surface area contributed by atoms with E-state index in [9.17, 15) is 9.59 Å². The number of hydrogen-bond donors (Lipinski definition) is 2. The Balaban J connectivity index is 3.97. The van der Waals surface area contributed by atoms with Gasteiger partial charge in [0.25, 0.3) is 0 Å². The number of carbonyl (C=O) groups excluding carboxylic acids is 2. The summed E-state index contributed by atoms with van der Waals surface area (Å²) in [4.78, 5) is 22.1. The summed E-state index contributed by atoms with van der Waals surface area (Å²) in [5, 5.41) is 16.4. The second-order valence-electron chi connectivity index (χ2n) is 2.73. The zero-order valence-corrected chi connectivity index (χ0v) is 9.25. The van der Waals surface area contributed by atoms with Crippen LogP contribution in [0.4, 0.5) is 0 Å². The highest BCUT2D eigenvalue weighted by atomic mass is 16.6. The summed E-state index contributed by atoms with van der Waals surface area (Å²) in [5.74, 6) is -1.79. The van der Waals surface area contributed by atoms with Crippen molar-refractivity contribution in [2.24, 2.45) is 11.5 Å². The van der Waals surface area contributed by atoms with Gasteiger partial charge in [-0.15, -0.1) is 0 Å². The number of carbonyl (C=O) groups is 2. The first-order valence-electron chi connectivity index (χ1n) is 4.57. The second-order valence-corrected chi connectivity index (χ2v) is 2.73. The molecule has 18 heavy (non-hydrogen) atoms. The first-order chi connectivity index (χ1) is 8.52. The molecule has 94 valence electrons. The quantitative estimate of drug-likeness (QED) is 0.267. The number of hydrogen-bond acceptors (Lipinski definition) is 8. The number of rotatable bonds is 5. The monoisotopic (exact) mass is 250 g/mol. The molecule has 8 nitrogen and oxygen atoms in total. The van der Waals surface area contributed by atoms with Crippen LogP contribution in [0.3, 0.4) is 0 Å². The van der Waals surface area contributed by atoms with Crippen LogP contribution in [-0.2, 0) is 19.1 Å². The highest BCUT2D eigenvalue weighted by Crippen LogP contribution is 1.92. The molecule has 0 saturated heterocycles. The smallest absolute Gasteiger partial charge is 0.355 e. The maximum absolute atomic E-state index is 11.0. The minimum Gasteiger partial charge on any atom is -0.457 e. The molecule has 0 aromatic rings. The topological polar surface area (TPSA) is 152 Å². The van der Waals surface area contributed by atoms with Crippen LogP contribution >= 0.6 is 0 Å². The van der Waals surface area contributed by atoms with Crippen LogP contribution < -0.4 is 11.5 Å². The van der Waals surface area contributed by atoms with Crippen molar-refractivity contribution in [1.29, 1.82) is 10.5 Å². The number of nitrogens with zero attached hydrogens (tertiary/aromatic N) is 2. The SMILES string of the molecule is N#CC=C(N)C(=O)OCCOC(=O)C(N)=CC#N. The molecule has 0 rings (SSSR count). The normalized spacial score (nSPS) is 11.0. The molecule has 0 aliphatic rings. The predicted molar refractivity (Wildman–Crippen MR) is 57.7 cm³/mol. The van der Waals surface area contributed by atoms with Crippen molar-refractivity contribution >= 4 is 11.9 Å². The average Bonchev–Trinajstić information content (AvgIpc) is 2.34. The van der Waals surface area contributed by atoms with Gasteiger partial charge < -0.3 is 20.9 Å². The third kappa shape index (κ3) is 5.78. The molecule has 0 saturated carbocycles. The van der Waals surface area contributed by atoms with Gasteiger partial charge >= 0.3 is 11.9 Å². The molecule has 8 heteroatoms. The van der Waals surface area contributed by atoms with Gasteiger partial charge in [-0.1, -0.05) is 0 Å². The lowest BCUT2D eigenvalue weighted by Gasteiger charge is -2.05. The summed E-state index contributed by atoms with van der Waals surface area (Å²) in [6, 6.07) is 3.12. The Bertz CT molecular complexity index is 423. The number of esters is 2. The summed E-state index contributed by atoms with van der Waals surface area (Å²) in [5.41, 5.74) is 9.59. The van der Waals surface area contributed by atoms with Crippen molar-refractivity contribution in [2.75, 3.05) is 13.2 Å². The minimum atomic E-state index is -0.895. The molecule has 0 heterocycles. The van der Waals surface area contributed by atoms with Crippen molar-refractivity contribution in [2.45, 2.75) is 0 Å². The van der Waals surface area contributed by atoms with Crippen LogP contribution in [0.25, 0.3) is 0 Å². The molecule has 4 N–H and O–H groups in total. The van der Waals surface area contributed by atoms with Crippen molar-refractivity contribution < 1.29 is 19.1 Å². The van der Waals surface area contributed by atoms with Crippen LogP contribution in [0.5, 0.6) is 0 Å². The van der Waals surface area contributed by atoms with Gasteiger partial charge in [-0.05, 0) is 0 Å². The van der Waals surface area contributed by atoms with E-state index in [1.54, 1.807) is 12.1 Å². The van der Waals surface area contributed by atoms with Crippen molar-refractivity contribution in [3.05, 3.63) is 23.5 Å². The van der Waals surface area contributed by atoms with Gasteiger partial charge in [-0.25, -0.2) is 9.59 Å².